The molecule has 20 heavy (non-hydrogen) atoms. The van der Waals surface area contributed by atoms with Crippen LogP contribution in [0.5, 0.6) is 0 Å². The Morgan fingerprint density at radius 1 is 1.50 bits per heavy atom. The molecule has 0 spiro atoms. The summed E-state index contributed by atoms with van der Waals surface area (Å²) in [4.78, 5) is 24.2. The number of hydrogen-bond donors (Lipinski definition) is 2. The Morgan fingerprint density at radius 3 is 2.85 bits per heavy atom. The van der Waals surface area contributed by atoms with Gasteiger partial charge in [0.2, 0.25) is 0 Å². The van der Waals surface area contributed by atoms with Crippen LogP contribution in [0, 0.1) is 11.8 Å². The van der Waals surface area contributed by atoms with Gasteiger partial charge in [0.25, 0.3) is 0 Å². The molecule has 1 atom stereocenters. The lowest BCUT2D eigenvalue weighted by Gasteiger charge is -2.41. The molecular weight excluding hydrogens is 262 g/mol. The fraction of sp³-hybridized carbons (Fsp3) is 0.667. The second kappa shape index (κ2) is 6.36. The molecule has 2 N–H and O–H groups in total. The highest BCUT2D eigenvalue weighted by atomic mass is 16.4. The summed E-state index contributed by atoms with van der Waals surface area (Å²) >= 11 is 0. The van der Waals surface area contributed by atoms with Crippen molar-refractivity contribution >= 4 is 12.0 Å². The van der Waals surface area contributed by atoms with Crippen molar-refractivity contribution in [3.63, 3.8) is 0 Å². The Labute approximate surface area is 116 Å². The van der Waals surface area contributed by atoms with E-state index in [1.165, 1.54) is 0 Å². The maximum absolute atomic E-state index is 11.8. The van der Waals surface area contributed by atoms with Gasteiger partial charge in [0.1, 0.15) is 0 Å². The molecule has 8 heteroatoms. The second-order valence-corrected chi connectivity index (χ2v) is 5.04. The molecule has 0 aromatic carbocycles. The zero-order valence-electron chi connectivity index (χ0n) is 11.4. The van der Waals surface area contributed by atoms with E-state index in [4.69, 9.17) is 5.11 Å². The summed E-state index contributed by atoms with van der Waals surface area (Å²) < 4.78 is 1.71. The third-order valence-electron chi connectivity index (χ3n) is 3.61. The first-order chi connectivity index (χ1) is 9.58. The molecule has 2 rings (SSSR count). The molecule has 8 nitrogen and oxygen atoms in total. The van der Waals surface area contributed by atoms with E-state index in [0.29, 0.717) is 26.2 Å². The molecule has 1 fully saturated rings. The number of likely N-dealkylation sites (tertiary alicyclic amines) is 1. The number of aromatic nitrogens is 3. The third kappa shape index (κ3) is 3.46. The predicted octanol–water partition coefficient (Wildman–Crippen LogP) is 0.0303. The van der Waals surface area contributed by atoms with Gasteiger partial charge in [-0.3, -0.25) is 9.48 Å². The summed E-state index contributed by atoms with van der Waals surface area (Å²) in [6, 6.07) is -0.127. The largest absolute Gasteiger partial charge is 0.481 e. The fourth-order valence-corrected chi connectivity index (χ4v) is 2.10. The molecule has 1 unspecified atom stereocenters. The Hall–Kier alpha value is -2.12. The van der Waals surface area contributed by atoms with Crippen LogP contribution < -0.4 is 5.32 Å². The van der Waals surface area contributed by atoms with Gasteiger partial charge in [0.15, 0.2) is 0 Å². The molecule has 0 aliphatic carbocycles. The van der Waals surface area contributed by atoms with E-state index in [2.05, 4.69) is 15.6 Å². The maximum Gasteiger partial charge on any atom is 0.317 e. The molecule has 1 aromatic heterocycles. The Bertz CT molecular complexity index is 456. The van der Waals surface area contributed by atoms with Crippen LogP contribution in [0.2, 0.25) is 0 Å². The summed E-state index contributed by atoms with van der Waals surface area (Å²) in [5.74, 6) is -1.14. The van der Waals surface area contributed by atoms with Gasteiger partial charge in [0.05, 0.1) is 12.1 Å². The molecule has 0 bridgehead atoms. The lowest BCUT2D eigenvalue weighted by molar-refractivity contribution is -0.144. The molecule has 0 radical (unpaired) electrons. The van der Waals surface area contributed by atoms with E-state index in [1.807, 2.05) is 0 Å². The number of carboxylic acids is 1. The van der Waals surface area contributed by atoms with Crippen molar-refractivity contribution in [3.05, 3.63) is 12.4 Å². The lowest BCUT2D eigenvalue weighted by atomic mass is 9.87. The van der Waals surface area contributed by atoms with Gasteiger partial charge in [-0.1, -0.05) is 12.1 Å². The predicted molar refractivity (Wildman–Crippen MR) is 69.9 cm³/mol. The average molecular weight is 281 g/mol. The highest BCUT2D eigenvalue weighted by molar-refractivity contribution is 5.76. The van der Waals surface area contributed by atoms with E-state index in [-0.39, 0.29) is 11.9 Å². The molecule has 1 aromatic rings. The van der Waals surface area contributed by atoms with Crippen LogP contribution in [0.4, 0.5) is 4.79 Å². The minimum absolute atomic E-state index is 0.0633. The van der Waals surface area contributed by atoms with Crippen molar-refractivity contribution in [1.82, 2.24) is 25.2 Å². The summed E-state index contributed by atoms with van der Waals surface area (Å²) in [5.41, 5.74) is 0. The second-order valence-electron chi connectivity index (χ2n) is 5.04. The molecular formula is C12H19N5O3. The Morgan fingerprint density at radius 2 is 2.25 bits per heavy atom. The van der Waals surface area contributed by atoms with Crippen LogP contribution in [0.15, 0.2) is 12.4 Å². The van der Waals surface area contributed by atoms with E-state index in [0.717, 1.165) is 6.42 Å². The number of amides is 2. The molecule has 1 aliphatic heterocycles. The van der Waals surface area contributed by atoms with Gasteiger partial charge in [-0.25, -0.2) is 4.79 Å². The van der Waals surface area contributed by atoms with Crippen LogP contribution in [0.25, 0.3) is 0 Å². The van der Waals surface area contributed by atoms with Crippen molar-refractivity contribution in [2.45, 2.75) is 19.9 Å². The van der Waals surface area contributed by atoms with Crippen molar-refractivity contribution in [3.8, 4) is 0 Å². The first-order valence-corrected chi connectivity index (χ1v) is 6.67. The number of nitrogens with zero attached hydrogens (tertiary/aromatic N) is 4. The quantitative estimate of drug-likeness (QED) is 0.716. The van der Waals surface area contributed by atoms with Crippen LogP contribution in [-0.2, 0) is 11.3 Å². The topological polar surface area (TPSA) is 100 Å². The number of rotatable bonds is 6. The average Bonchev–Trinajstić information content (AvgIpc) is 2.85. The number of hydrogen-bond acceptors (Lipinski definition) is 4. The van der Waals surface area contributed by atoms with Crippen LogP contribution in [-0.4, -0.2) is 56.6 Å². The lowest BCUT2D eigenvalue weighted by Crippen LogP contribution is -2.56. The van der Waals surface area contributed by atoms with E-state index < -0.39 is 11.9 Å². The molecule has 1 aliphatic rings. The fourth-order valence-electron chi connectivity index (χ4n) is 2.10. The summed E-state index contributed by atoms with van der Waals surface area (Å²) in [7, 11) is 0. The first-order valence-electron chi connectivity index (χ1n) is 6.67. The number of aryl methyl sites for hydroxylation is 1. The van der Waals surface area contributed by atoms with E-state index in [9.17, 15) is 9.59 Å². The van der Waals surface area contributed by atoms with Gasteiger partial charge in [0, 0.05) is 38.3 Å². The van der Waals surface area contributed by atoms with Crippen LogP contribution >= 0.6 is 0 Å². The number of urea groups is 1. The number of carbonyl (C=O) groups is 2. The van der Waals surface area contributed by atoms with Crippen LogP contribution in [0.1, 0.15) is 13.3 Å². The molecule has 2 amide bonds. The highest BCUT2D eigenvalue weighted by Crippen LogP contribution is 2.23. The van der Waals surface area contributed by atoms with Gasteiger partial charge < -0.3 is 15.3 Å². The SMILES string of the molecule is CC(C(=O)O)C1CN(C(=O)NCCCn2ccnn2)C1. The molecule has 110 valence electrons. The Kier molecular flexibility index (Phi) is 4.54. The number of nitrogens with one attached hydrogen (secondary N) is 1. The smallest absolute Gasteiger partial charge is 0.317 e. The zero-order valence-corrected chi connectivity index (χ0v) is 11.4. The molecule has 2 heterocycles. The first kappa shape index (κ1) is 14.3. The summed E-state index contributed by atoms with van der Waals surface area (Å²) in [6.45, 7) is 3.98. The van der Waals surface area contributed by atoms with Crippen molar-refractivity contribution in [2.75, 3.05) is 19.6 Å². The van der Waals surface area contributed by atoms with Crippen molar-refractivity contribution in [2.24, 2.45) is 11.8 Å². The van der Waals surface area contributed by atoms with Gasteiger partial charge in [-0.15, -0.1) is 5.10 Å². The normalized spacial score (nSPS) is 16.6. The minimum Gasteiger partial charge on any atom is -0.481 e. The van der Waals surface area contributed by atoms with E-state index in [1.54, 1.807) is 28.9 Å². The molecule has 0 saturated carbocycles. The van der Waals surface area contributed by atoms with Crippen LogP contribution in [0.3, 0.4) is 0 Å². The van der Waals surface area contributed by atoms with Gasteiger partial charge >= 0.3 is 12.0 Å². The van der Waals surface area contributed by atoms with Gasteiger partial charge in [-0.2, -0.15) is 0 Å². The maximum atomic E-state index is 11.8. The number of carbonyl (C=O) groups excluding carboxylic acids is 1. The van der Waals surface area contributed by atoms with Crippen molar-refractivity contribution in [1.29, 1.82) is 0 Å². The monoisotopic (exact) mass is 281 g/mol. The summed E-state index contributed by atoms with van der Waals surface area (Å²) in [5, 5.41) is 19.2. The van der Waals surface area contributed by atoms with E-state index >= 15 is 0 Å². The number of aliphatic carboxylic acids is 1. The summed E-state index contributed by atoms with van der Waals surface area (Å²) in [6.07, 6.45) is 4.16. The van der Waals surface area contributed by atoms with Crippen molar-refractivity contribution < 1.29 is 14.7 Å². The Balaban J connectivity index is 1.59. The number of carboxylic acid groups (broad SMARTS) is 1. The highest BCUT2D eigenvalue weighted by Gasteiger charge is 2.36. The zero-order chi connectivity index (χ0) is 14.5. The standard InChI is InChI=1S/C12H19N5O3/c1-9(11(18)19)10-7-16(8-10)12(20)13-3-2-5-17-6-4-14-15-17/h4,6,9-10H,2-3,5,7-8H2,1H3,(H,13,20)(H,18,19). The minimum atomic E-state index is -0.803. The molecule has 1 saturated heterocycles. The third-order valence-corrected chi connectivity index (χ3v) is 3.61. The van der Waals surface area contributed by atoms with Gasteiger partial charge in [-0.05, 0) is 6.42 Å².